The molecule has 0 atom stereocenters. The largest absolute Gasteiger partial charge is 0.302 e. The molecule has 1 aromatic heterocycles. The van der Waals surface area contributed by atoms with Crippen LogP contribution in [0.3, 0.4) is 0 Å². The third-order valence-electron chi connectivity index (χ3n) is 5.02. The highest BCUT2D eigenvalue weighted by molar-refractivity contribution is 5.58. The second-order valence-corrected chi connectivity index (χ2v) is 6.42. The average molecular weight is 293 g/mol. The Morgan fingerprint density at radius 3 is 2.50 bits per heavy atom. The molecule has 3 aliphatic heterocycles. The molecule has 114 valence electrons. The molecule has 2 bridgehead atoms. The summed E-state index contributed by atoms with van der Waals surface area (Å²) in [5.74, 6) is 0. The zero-order valence-corrected chi connectivity index (χ0v) is 13.0. The van der Waals surface area contributed by atoms with Gasteiger partial charge < -0.3 is 4.90 Å². The highest BCUT2D eigenvalue weighted by atomic mass is 15.3. The Morgan fingerprint density at radius 1 is 0.864 bits per heavy atom. The van der Waals surface area contributed by atoms with Gasteiger partial charge >= 0.3 is 0 Å². The maximum atomic E-state index is 4.89. The minimum atomic E-state index is 0.751. The van der Waals surface area contributed by atoms with Crippen molar-refractivity contribution < 1.29 is 0 Å². The van der Waals surface area contributed by atoms with Crippen LogP contribution >= 0.6 is 0 Å². The molecule has 0 radical (unpaired) electrons. The summed E-state index contributed by atoms with van der Waals surface area (Å²) in [6.07, 6.45) is 2.64. The van der Waals surface area contributed by atoms with Crippen molar-refractivity contribution >= 4 is 0 Å². The molecule has 0 saturated carbocycles. The molecule has 2 aromatic rings. The van der Waals surface area contributed by atoms with Crippen LogP contribution in [-0.2, 0) is 6.54 Å². The number of fused-ring (bicyclic) bond motifs is 4. The van der Waals surface area contributed by atoms with Crippen molar-refractivity contribution in [3.05, 3.63) is 54.2 Å². The maximum Gasteiger partial charge on any atom is 0.0705 e. The van der Waals surface area contributed by atoms with Crippen molar-refractivity contribution in [2.24, 2.45) is 0 Å². The third-order valence-corrected chi connectivity index (χ3v) is 5.02. The Labute approximate surface area is 132 Å². The van der Waals surface area contributed by atoms with Crippen LogP contribution < -0.4 is 0 Å². The summed E-state index contributed by atoms with van der Waals surface area (Å²) >= 11 is 0. The van der Waals surface area contributed by atoms with Crippen molar-refractivity contribution in [2.75, 3.05) is 26.2 Å². The number of pyridine rings is 1. The lowest BCUT2D eigenvalue weighted by Crippen LogP contribution is -2.37. The Bertz CT molecular complexity index is 618. The first-order chi connectivity index (χ1) is 10.9. The summed E-state index contributed by atoms with van der Waals surface area (Å²) in [4.78, 5) is 10.1. The molecule has 0 unspecified atom stereocenters. The van der Waals surface area contributed by atoms with Crippen molar-refractivity contribution in [3.8, 4) is 11.3 Å². The summed E-state index contributed by atoms with van der Waals surface area (Å²) in [5.41, 5.74) is 3.48. The summed E-state index contributed by atoms with van der Waals surface area (Å²) < 4.78 is 0. The predicted molar refractivity (Wildman–Crippen MR) is 89.5 cm³/mol. The van der Waals surface area contributed by atoms with E-state index in [1.165, 1.54) is 50.3 Å². The fourth-order valence-electron chi connectivity index (χ4n) is 3.71. The van der Waals surface area contributed by atoms with Crippen LogP contribution in [0, 0.1) is 0 Å². The van der Waals surface area contributed by atoms with Gasteiger partial charge in [0.1, 0.15) is 0 Å². The summed E-state index contributed by atoms with van der Waals surface area (Å²) in [7, 11) is 0. The van der Waals surface area contributed by atoms with E-state index in [-0.39, 0.29) is 0 Å². The fourth-order valence-corrected chi connectivity index (χ4v) is 3.71. The fraction of sp³-hybridized carbons (Fsp3) is 0.421. The molecule has 0 aliphatic carbocycles. The van der Waals surface area contributed by atoms with Gasteiger partial charge in [0.05, 0.1) is 11.4 Å². The molecule has 5 rings (SSSR count). The minimum Gasteiger partial charge on any atom is -0.302 e. The van der Waals surface area contributed by atoms with Gasteiger partial charge in [-0.25, -0.2) is 0 Å². The second-order valence-electron chi connectivity index (χ2n) is 6.42. The number of piperidine rings is 1. The van der Waals surface area contributed by atoms with Crippen LogP contribution in [0.2, 0.25) is 0 Å². The van der Waals surface area contributed by atoms with Gasteiger partial charge in [-0.3, -0.25) is 9.88 Å². The van der Waals surface area contributed by atoms with Gasteiger partial charge in [0.15, 0.2) is 0 Å². The Morgan fingerprint density at radius 2 is 1.68 bits per heavy atom. The molecule has 1 aromatic carbocycles. The Kier molecular flexibility index (Phi) is 3.92. The molecule has 3 nitrogen and oxygen atoms in total. The summed E-state index contributed by atoms with van der Waals surface area (Å²) in [5, 5.41) is 0. The minimum absolute atomic E-state index is 0.751. The molecular weight excluding hydrogens is 270 g/mol. The van der Waals surface area contributed by atoms with Crippen LogP contribution in [0.25, 0.3) is 11.3 Å². The van der Waals surface area contributed by atoms with Gasteiger partial charge in [-0.2, -0.15) is 0 Å². The van der Waals surface area contributed by atoms with Crippen LogP contribution in [-0.4, -0.2) is 47.0 Å². The average Bonchev–Trinajstić information content (AvgIpc) is 2.90. The first-order valence-electron chi connectivity index (χ1n) is 8.36. The number of hydrogen-bond acceptors (Lipinski definition) is 3. The van der Waals surface area contributed by atoms with E-state index in [9.17, 15) is 0 Å². The quantitative estimate of drug-likeness (QED) is 0.867. The van der Waals surface area contributed by atoms with E-state index in [2.05, 4.69) is 58.3 Å². The van der Waals surface area contributed by atoms with Gasteiger partial charge in [0, 0.05) is 31.2 Å². The zero-order chi connectivity index (χ0) is 14.8. The molecule has 0 spiro atoms. The molecular formula is C19H23N3. The number of rotatable bonds is 3. The lowest BCUT2D eigenvalue weighted by molar-refractivity contribution is 0.175. The SMILES string of the molecule is c1ccc(-c2cccc(CN3CCN4CCC3CC4)n2)cc1. The highest BCUT2D eigenvalue weighted by Crippen LogP contribution is 2.23. The van der Waals surface area contributed by atoms with Gasteiger partial charge in [0.25, 0.3) is 0 Å². The summed E-state index contributed by atoms with van der Waals surface area (Å²) in [6, 6.07) is 17.6. The molecule has 3 aliphatic rings. The van der Waals surface area contributed by atoms with Crippen molar-refractivity contribution in [1.29, 1.82) is 0 Å². The second kappa shape index (κ2) is 6.19. The smallest absolute Gasteiger partial charge is 0.0705 e. The molecule has 3 fully saturated rings. The first-order valence-corrected chi connectivity index (χ1v) is 8.36. The van der Waals surface area contributed by atoms with Crippen molar-refractivity contribution in [1.82, 2.24) is 14.8 Å². The zero-order valence-electron chi connectivity index (χ0n) is 13.0. The van der Waals surface area contributed by atoms with Gasteiger partial charge in [-0.15, -0.1) is 0 Å². The highest BCUT2D eigenvalue weighted by Gasteiger charge is 2.28. The third kappa shape index (κ3) is 2.92. The number of benzene rings is 1. The molecule has 4 heterocycles. The van der Waals surface area contributed by atoms with Gasteiger partial charge in [0.2, 0.25) is 0 Å². The maximum absolute atomic E-state index is 4.89. The Hall–Kier alpha value is -1.71. The van der Waals surface area contributed by atoms with Crippen LogP contribution in [0.15, 0.2) is 48.5 Å². The number of aromatic nitrogens is 1. The van der Waals surface area contributed by atoms with E-state index in [1.807, 2.05) is 0 Å². The molecule has 3 heteroatoms. The lowest BCUT2D eigenvalue weighted by Gasteiger charge is -2.31. The first kappa shape index (κ1) is 13.9. The van der Waals surface area contributed by atoms with Gasteiger partial charge in [-0.05, 0) is 38.1 Å². The van der Waals surface area contributed by atoms with Crippen molar-refractivity contribution in [2.45, 2.75) is 25.4 Å². The molecule has 0 amide bonds. The van der Waals surface area contributed by atoms with Crippen molar-refractivity contribution in [3.63, 3.8) is 0 Å². The number of hydrogen-bond donors (Lipinski definition) is 0. The Balaban J connectivity index is 1.53. The van der Waals surface area contributed by atoms with Crippen LogP contribution in [0.4, 0.5) is 0 Å². The van der Waals surface area contributed by atoms with Crippen LogP contribution in [0.5, 0.6) is 0 Å². The normalized spacial score (nSPS) is 25.1. The van der Waals surface area contributed by atoms with E-state index < -0.39 is 0 Å². The van der Waals surface area contributed by atoms with E-state index in [0.29, 0.717) is 0 Å². The lowest BCUT2D eigenvalue weighted by atomic mass is 10.0. The van der Waals surface area contributed by atoms with Crippen LogP contribution in [0.1, 0.15) is 18.5 Å². The van der Waals surface area contributed by atoms with E-state index in [4.69, 9.17) is 4.98 Å². The number of nitrogens with zero attached hydrogens (tertiary/aromatic N) is 3. The van der Waals surface area contributed by atoms with E-state index >= 15 is 0 Å². The van der Waals surface area contributed by atoms with E-state index in [0.717, 1.165) is 18.3 Å². The van der Waals surface area contributed by atoms with E-state index in [1.54, 1.807) is 0 Å². The predicted octanol–water partition coefficient (Wildman–Crippen LogP) is 3.03. The standard InChI is InChI=1S/C19H23N3/c1-2-5-16(6-3-1)19-8-4-7-17(20-19)15-22-14-13-21-11-9-18(22)10-12-21/h1-8,18H,9-15H2. The summed E-state index contributed by atoms with van der Waals surface area (Å²) in [6.45, 7) is 5.94. The molecule has 0 N–H and O–H groups in total. The van der Waals surface area contributed by atoms with Gasteiger partial charge in [-0.1, -0.05) is 36.4 Å². The topological polar surface area (TPSA) is 19.4 Å². The molecule has 22 heavy (non-hydrogen) atoms. The molecule has 3 saturated heterocycles. The monoisotopic (exact) mass is 293 g/mol.